The van der Waals surface area contributed by atoms with E-state index < -0.39 is 0 Å². The monoisotopic (exact) mass is 284 g/mol. The summed E-state index contributed by atoms with van der Waals surface area (Å²) in [5, 5.41) is 0.796. The molecule has 0 aliphatic heterocycles. The summed E-state index contributed by atoms with van der Waals surface area (Å²) in [5.41, 5.74) is 8.23. The van der Waals surface area contributed by atoms with Gasteiger partial charge in [0.25, 0.3) is 0 Å². The quantitative estimate of drug-likeness (QED) is 0.746. The third-order valence-corrected chi connectivity index (χ3v) is 3.41. The molecule has 1 aromatic carbocycles. The van der Waals surface area contributed by atoms with Crippen LogP contribution in [0.5, 0.6) is 0 Å². The fraction of sp³-hybridized carbons (Fsp3) is 0.600. The Balaban J connectivity index is 2.91. The summed E-state index contributed by atoms with van der Waals surface area (Å²) in [6.07, 6.45) is 0.792. The van der Waals surface area contributed by atoms with E-state index in [9.17, 15) is 0 Å². The first-order valence-electron chi connectivity index (χ1n) is 6.95. The van der Waals surface area contributed by atoms with E-state index in [0.717, 1.165) is 43.3 Å². The van der Waals surface area contributed by atoms with Crippen LogP contribution in [0.4, 0.5) is 5.69 Å². The number of hydrogen-bond acceptors (Lipinski definition) is 3. The Kier molecular flexibility index (Phi) is 7.21. The Hall–Kier alpha value is -0.770. The van der Waals surface area contributed by atoms with E-state index in [4.69, 9.17) is 22.1 Å². The molecule has 0 bridgehead atoms. The zero-order valence-corrected chi connectivity index (χ0v) is 12.9. The van der Waals surface area contributed by atoms with Crippen LogP contribution in [-0.2, 0) is 11.2 Å². The van der Waals surface area contributed by atoms with Crippen LogP contribution in [0.2, 0.25) is 5.02 Å². The number of benzene rings is 1. The molecule has 0 fully saturated rings. The average molecular weight is 285 g/mol. The summed E-state index contributed by atoms with van der Waals surface area (Å²) in [4.78, 5) is 2.29. The van der Waals surface area contributed by atoms with Crippen molar-refractivity contribution in [2.24, 2.45) is 5.73 Å². The fourth-order valence-corrected chi connectivity index (χ4v) is 2.38. The minimum Gasteiger partial charge on any atom is -0.380 e. The number of anilines is 1. The van der Waals surface area contributed by atoms with Crippen LogP contribution in [-0.4, -0.2) is 32.3 Å². The maximum Gasteiger partial charge on any atom is 0.0641 e. The van der Waals surface area contributed by atoms with Gasteiger partial charge in [0.2, 0.25) is 0 Å². The predicted octanol–water partition coefficient (Wildman–Crippen LogP) is 3.09. The molecule has 0 aliphatic carbocycles. The van der Waals surface area contributed by atoms with Crippen LogP contribution in [0, 0.1) is 0 Å². The minimum atomic E-state index is 0.101. The highest BCUT2D eigenvalue weighted by Gasteiger charge is 2.13. The lowest BCUT2D eigenvalue weighted by Crippen LogP contribution is -2.29. The lowest BCUT2D eigenvalue weighted by atomic mass is 10.0. The van der Waals surface area contributed by atoms with Crippen molar-refractivity contribution in [2.75, 3.05) is 31.2 Å². The van der Waals surface area contributed by atoms with E-state index in [1.165, 1.54) is 5.69 Å². The van der Waals surface area contributed by atoms with Gasteiger partial charge >= 0.3 is 0 Å². The van der Waals surface area contributed by atoms with Crippen LogP contribution in [0.1, 0.15) is 26.3 Å². The Labute approximate surface area is 121 Å². The van der Waals surface area contributed by atoms with Crippen LogP contribution in [0.15, 0.2) is 18.2 Å². The summed E-state index contributed by atoms with van der Waals surface area (Å²) < 4.78 is 5.44. The van der Waals surface area contributed by atoms with Crippen molar-refractivity contribution in [3.63, 3.8) is 0 Å². The van der Waals surface area contributed by atoms with E-state index in [1.54, 1.807) is 0 Å². The number of ether oxygens (including phenoxy) is 1. The second-order valence-corrected chi connectivity index (χ2v) is 5.10. The maximum absolute atomic E-state index is 6.32. The highest BCUT2D eigenvalue weighted by atomic mass is 35.5. The van der Waals surface area contributed by atoms with Crippen LogP contribution in [0.3, 0.4) is 0 Å². The summed E-state index contributed by atoms with van der Waals surface area (Å²) in [6, 6.07) is 6.13. The first-order valence-corrected chi connectivity index (χ1v) is 7.33. The predicted molar refractivity (Wildman–Crippen MR) is 83.2 cm³/mol. The average Bonchev–Trinajstić information content (AvgIpc) is 2.37. The van der Waals surface area contributed by atoms with Crippen molar-refractivity contribution in [1.82, 2.24) is 0 Å². The third kappa shape index (κ3) is 5.01. The fourth-order valence-electron chi connectivity index (χ4n) is 2.14. The Morgan fingerprint density at radius 1 is 1.37 bits per heavy atom. The molecular formula is C15H25ClN2O. The zero-order valence-electron chi connectivity index (χ0n) is 12.2. The molecule has 19 heavy (non-hydrogen) atoms. The summed E-state index contributed by atoms with van der Waals surface area (Å²) >= 11 is 6.32. The summed E-state index contributed by atoms with van der Waals surface area (Å²) in [6.45, 7) is 9.44. The van der Waals surface area contributed by atoms with Gasteiger partial charge in [-0.15, -0.1) is 0 Å². The Bertz CT molecular complexity index is 382. The van der Waals surface area contributed by atoms with E-state index >= 15 is 0 Å². The molecule has 0 amide bonds. The molecule has 4 heteroatoms. The van der Waals surface area contributed by atoms with Crippen LogP contribution in [0.25, 0.3) is 0 Å². The molecule has 0 spiro atoms. The molecule has 3 nitrogen and oxygen atoms in total. The molecular weight excluding hydrogens is 260 g/mol. The first-order chi connectivity index (χ1) is 9.10. The van der Waals surface area contributed by atoms with Crippen molar-refractivity contribution in [2.45, 2.75) is 33.2 Å². The van der Waals surface area contributed by atoms with Gasteiger partial charge in [0, 0.05) is 36.4 Å². The second-order valence-electron chi connectivity index (χ2n) is 4.70. The molecule has 1 rings (SSSR count). The lowest BCUT2D eigenvalue weighted by molar-refractivity contribution is 0.154. The molecule has 1 aromatic rings. The van der Waals surface area contributed by atoms with E-state index in [0.29, 0.717) is 0 Å². The lowest BCUT2D eigenvalue weighted by Gasteiger charge is -2.26. The molecule has 0 saturated carbocycles. The van der Waals surface area contributed by atoms with E-state index in [2.05, 4.69) is 17.9 Å². The van der Waals surface area contributed by atoms with E-state index in [-0.39, 0.29) is 6.04 Å². The van der Waals surface area contributed by atoms with Crippen molar-refractivity contribution in [1.29, 1.82) is 0 Å². The normalized spacial score (nSPS) is 12.5. The van der Waals surface area contributed by atoms with E-state index in [1.807, 2.05) is 26.0 Å². The van der Waals surface area contributed by atoms with Gasteiger partial charge in [0.1, 0.15) is 0 Å². The number of nitrogens with zero attached hydrogens (tertiary/aromatic N) is 1. The van der Waals surface area contributed by atoms with Gasteiger partial charge in [-0.05, 0) is 44.9 Å². The van der Waals surface area contributed by atoms with Crippen LogP contribution < -0.4 is 10.6 Å². The van der Waals surface area contributed by atoms with Gasteiger partial charge in [0.05, 0.1) is 6.61 Å². The minimum absolute atomic E-state index is 0.101. The number of halogens is 1. The maximum atomic E-state index is 6.32. The molecule has 1 unspecified atom stereocenters. The van der Waals surface area contributed by atoms with Gasteiger partial charge in [-0.25, -0.2) is 0 Å². The van der Waals surface area contributed by atoms with Crippen molar-refractivity contribution in [3.8, 4) is 0 Å². The van der Waals surface area contributed by atoms with Crippen molar-refractivity contribution in [3.05, 3.63) is 28.8 Å². The summed E-state index contributed by atoms with van der Waals surface area (Å²) in [5.74, 6) is 0. The Morgan fingerprint density at radius 2 is 2.11 bits per heavy atom. The second kappa shape index (κ2) is 8.41. The highest BCUT2D eigenvalue weighted by molar-refractivity contribution is 6.31. The number of nitrogens with two attached hydrogens (primary N) is 1. The third-order valence-electron chi connectivity index (χ3n) is 3.05. The van der Waals surface area contributed by atoms with Crippen LogP contribution >= 0.6 is 11.6 Å². The van der Waals surface area contributed by atoms with Crippen molar-refractivity contribution < 1.29 is 4.74 Å². The number of rotatable bonds is 8. The van der Waals surface area contributed by atoms with Gasteiger partial charge in [-0.1, -0.05) is 17.7 Å². The molecule has 0 aliphatic rings. The molecule has 1 atom stereocenters. The Morgan fingerprint density at radius 3 is 2.68 bits per heavy atom. The molecule has 0 aromatic heterocycles. The molecule has 0 radical (unpaired) electrons. The first kappa shape index (κ1) is 16.3. The van der Waals surface area contributed by atoms with Gasteiger partial charge in [0.15, 0.2) is 0 Å². The molecule has 108 valence electrons. The highest BCUT2D eigenvalue weighted by Crippen LogP contribution is 2.28. The zero-order chi connectivity index (χ0) is 14.3. The molecule has 2 N–H and O–H groups in total. The standard InChI is InChI=1S/C15H25ClN2O/c1-4-18(9-10-19-5-2)15-8-6-7-14(16)13(15)11-12(3)17/h6-8,12H,4-5,9-11,17H2,1-3H3. The van der Waals surface area contributed by atoms with Crippen molar-refractivity contribution >= 4 is 17.3 Å². The molecule has 0 heterocycles. The SMILES string of the molecule is CCOCCN(CC)c1cccc(Cl)c1CC(C)N. The summed E-state index contributed by atoms with van der Waals surface area (Å²) in [7, 11) is 0. The molecule has 0 saturated heterocycles. The largest absolute Gasteiger partial charge is 0.380 e. The number of hydrogen-bond donors (Lipinski definition) is 1. The van der Waals surface area contributed by atoms with Gasteiger partial charge in [-0.2, -0.15) is 0 Å². The van der Waals surface area contributed by atoms with Gasteiger partial charge < -0.3 is 15.4 Å². The van der Waals surface area contributed by atoms with Gasteiger partial charge in [-0.3, -0.25) is 0 Å². The number of likely N-dealkylation sites (N-methyl/N-ethyl adjacent to an activating group) is 1. The smallest absolute Gasteiger partial charge is 0.0641 e. The topological polar surface area (TPSA) is 38.5 Å².